The number of carbonyl (C=O) groups is 1. The number of aromatic hydroxyl groups is 1. The number of primary amides is 1. The van der Waals surface area contributed by atoms with Gasteiger partial charge in [-0.05, 0) is 62.1 Å². The number of anilines is 1. The van der Waals surface area contributed by atoms with Gasteiger partial charge in [0.1, 0.15) is 40.2 Å². The number of ether oxygens (including phenoxy) is 2. The molecule has 2 aromatic carbocycles. The van der Waals surface area contributed by atoms with Crippen LogP contribution in [0.25, 0.3) is 32.9 Å². The maximum atomic E-state index is 16.9. The van der Waals surface area contributed by atoms with Crippen LogP contribution in [0.4, 0.5) is 27.8 Å². The number of fused-ring (bicyclic) bond motifs is 2. The number of piperidine rings is 1. The van der Waals surface area contributed by atoms with E-state index in [1.807, 2.05) is 4.90 Å². The molecule has 0 spiro atoms. The number of pyridine rings is 1. The van der Waals surface area contributed by atoms with Crippen molar-refractivity contribution in [3.05, 3.63) is 66.8 Å². The minimum Gasteiger partial charge on any atom is -0.508 e. The van der Waals surface area contributed by atoms with Gasteiger partial charge in [-0.1, -0.05) is 24.1 Å². The first-order chi connectivity index (χ1) is 27.6. The summed E-state index contributed by atoms with van der Waals surface area (Å²) in [5.74, 6) is -1.71. The summed E-state index contributed by atoms with van der Waals surface area (Å²) in [6, 6.07) is 5.29. The van der Waals surface area contributed by atoms with Crippen LogP contribution in [-0.2, 0) is 4.79 Å². The largest absolute Gasteiger partial charge is 0.508 e. The van der Waals surface area contributed by atoms with Crippen LogP contribution in [0.15, 0.2) is 49.6 Å². The summed E-state index contributed by atoms with van der Waals surface area (Å²) in [7, 11) is 1.39. The van der Waals surface area contributed by atoms with E-state index in [1.54, 1.807) is 12.2 Å². The Kier molecular flexibility index (Phi) is 14.2. The molecular formula is C43H49F5N6O4. The number of aromatic nitrogens is 3. The number of carbonyl (C=O) groups excluding carboxylic acids is 1. The first kappa shape index (κ1) is 43.6. The van der Waals surface area contributed by atoms with E-state index >= 15 is 4.39 Å². The number of nitrogens with two attached hydrogens (primary N) is 1. The fraction of sp³-hybridized carbons (Fsp3) is 0.442. The summed E-state index contributed by atoms with van der Waals surface area (Å²) in [5.41, 5.74) is 3.92. The third-order valence-electron chi connectivity index (χ3n) is 10.2. The Morgan fingerprint density at radius 1 is 1.07 bits per heavy atom. The number of likely N-dealkylation sites (tertiary alicyclic amines) is 1. The Morgan fingerprint density at radius 2 is 1.71 bits per heavy atom. The number of methoxy groups -OCH3 is 1. The van der Waals surface area contributed by atoms with Crippen molar-refractivity contribution in [3.63, 3.8) is 0 Å². The third kappa shape index (κ3) is 10.5. The highest BCUT2D eigenvalue weighted by atomic mass is 19.3. The summed E-state index contributed by atoms with van der Waals surface area (Å²) in [5, 5.41) is 11.4. The quantitative estimate of drug-likeness (QED) is 0.0827. The highest BCUT2D eigenvalue weighted by Crippen LogP contribution is 2.47. The Labute approximate surface area is 334 Å². The molecule has 1 saturated heterocycles. The smallest absolute Gasteiger partial charge is 0.319 e. The minimum atomic E-state index is -2.31. The first-order valence-electron chi connectivity index (χ1n) is 19.1. The van der Waals surface area contributed by atoms with E-state index in [-0.39, 0.29) is 74.9 Å². The van der Waals surface area contributed by atoms with Crippen LogP contribution in [0.2, 0.25) is 0 Å². The molecule has 4 aromatic rings. The number of hydrogen-bond donors (Lipinski definition) is 2. The van der Waals surface area contributed by atoms with Gasteiger partial charge in [0.25, 0.3) is 0 Å². The van der Waals surface area contributed by atoms with Crippen LogP contribution < -0.4 is 20.1 Å². The number of benzene rings is 2. The number of hydrogen-bond acceptors (Lipinski definition) is 9. The van der Waals surface area contributed by atoms with Crippen LogP contribution in [0, 0.1) is 29.4 Å². The molecule has 0 radical (unpaired) electrons. The fourth-order valence-electron chi connectivity index (χ4n) is 7.20. The van der Waals surface area contributed by atoms with Crippen molar-refractivity contribution in [3.8, 4) is 41.2 Å². The van der Waals surface area contributed by atoms with Crippen LogP contribution in [0.3, 0.4) is 0 Å². The molecule has 58 heavy (non-hydrogen) atoms. The molecule has 0 bridgehead atoms. The number of alkyl halides is 3. The number of terminal acetylenes is 1. The van der Waals surface area contributed by atoms with E-state index in [0.717, 1.165) is 19.4 Å². The molecule has 15 heteroatoms. The molecule has 3 N–H and O–H groups in total. The number of phenolic OH excluding ortho intramolecular Hbond substituents is 1. The van der Waals surface area contributed by atoms with Gasteiger partial charge < -0.3 is 30.1 Å². The molecule has 310 valence electrons. The standard InChI is InChI=1S/C36H36F3N5O3.C5H8F2.C2H5NO/c1-5-14-44(15-6-2)33-29-32(41-35(42-33)47-21-36(12-13-36)20-43-16-10-23(37)11-17-43)30(39)31(40-34(29)46-4)26-19-24(45)18-22-8-9-27(38)25(7-3)28(22)26;6-5(7)3-1-2-4-5;1-2(3)4/h3,5-6,8-9,18-19,23,45H,1-2,10-17,20-21H2,4H3;1-4H2;1H3,(H2,3,4). The molecule has 1 amide bonds. The van der Waals surface area contributed by atoms with Crippen LogP contribution in [-0.4, -0.2) is 89.4 Å². The van der Waals surface area contributed by atoms with Crippen molar-refractivity contribution in [2.75, 3.05) is 51.3 Å². The number of nitrogens with zero attached hydrogens (tertiary/aromatic N) is 5. The SMILES string of the molecule is C#Cc1c(F)ccc2cc(O)cc(-c3nc(OC)c4c(N(CC=C)CC=C)nc(OCC5(CN6CCC(F)CC6)CC5)nc4c3F)c12.CC(N)=O.FC1(F)CCCC1. The van der Waals surface area contributed by atoms with Gasteiger partial charge >= 0.3 is 6.01 Å². The Bertz CT molecular complexity index is 2160. The second-order valence-corrected chi connectivity index (χ2v) is 14.9. The van der Waals surface area contributed by atoms with Crippen molar-refractivity contribution < 1.29 is 41.3 Å². The van der Waals surface area contributed by atoms with E-state index in [0.29, 0.717) is 69.7 Å². The number of amides is 1. The maximum Gasteiger partial charge on any atom is 0.319 e. The molecule has 2 aromatic heterocycles. The lowest BCUT2D eigenvalue weighted by Crippen LogP contribution is -2.39. The van der Waals surface area contributed by atoms with Gasteiger partial charge in [0.15, 0.2) is 5.82 Å². The highest BCUT2D eigenvalue weighted by molar-refractivity contribution is 6.04. The van der Waals surface area contributed by atoms with E-state index < -0.39 is 23.7 Å². The monoisotopic (exact) mass is 808 g/mol. The second-order valence-electron chi connectivity index (χ2n) is 14.9. The van der Waals surface area contributed by atoms with Crippen LogP contribution in [0.5, 0.6) is 17.6 Å². The van der Waals surface area contributed by atoms with Crippen molar-refractivity contribution >= 4 is 33.4 Å². The molecule has 3 fully saturated rings. The lowest BCUT2D eigenvalue weighted by atomic mass is 9.95. The summed E-state index contributed by atoms with van der Waals surface area (Å²) in [6.07, 6.45) is 12.9. The molecule has 3 heterocycles. The van der Waals surface area contributed by atoms with Crippen LogP contribution >= 0.6 is 0 Å². The Morgan fingerprint density at radius 3 is 2.24 bits per heavy atom. The molecule has 0 atom stereocenters. The van der Waals surface area contributed by atoms with Gasteiger partial charge in [-0.2, -0.15) is 9.97 Å². The lowest BCUT2D eigenvalue weighted by molar-refractivity contribution is -0.115. The second kappa shape index (κ2) is 18.8. The molecule has 2 aliphatic carbocycles. The van der Waals surface area contributed by atoms with Crippen molar-refractivity contribution in [2.24, 2.45) is 11.1 Å². The summed E-state index contributed by atoms with van der Waals surface area (Å²) in [4.78, 5) is 27.1. The predicted octanol–water partition coefficient (Wildman–Crippen LogP) is 8.28. The maximum absolute atomic E-state index is 16.9. The lowest BCUT2D eigenvalue weighted by Gasteiger charge is -2.31. The van der Waals surface area contributed by atoms with Gasteiger partial charge in [0.2, 0.25) is 17.7 Å². The molecular weight excluding hydrogens is 760 g/mol. The normalized spacial score (nSPS) is 16.9. The minimum absolute atomic E-state index is 0.00107. The molecule has 7 rings (SSSR count). The molecule has 10 nitrogen and oxygen atoms in total. The van der Waals surface area contributed by atoms with Gasteiger partial charge in [-0.3, -0.25) is 4.79 Å². The Hall–Kier alpha value is -5.49. The zero-order chi connectivity index (χ0) is 42.2. The molecule has 3 aliphatic rings. The van der Waals surface area contributed by atoms with E-state index in [2.05, 4.69) is 39.7 Å². The fourth-order valence-corrected chi connectivity index (χ4v) is 7.20. The van der Waals surface area contributed by atoms with E-state index in [4.69, 9.17) is 20.9 Å². The van der Waals surface area contributed by atoms with Gasteiger partial charge in [-0.15, -0.1) is 19.6 Å². The average molecular weight is 809 g/mol. The molecule has 2 saturated carbocycles. The summed E-state index contributed by atoms with van der Waals surface area (Å²) >= 11 is 0. The van der Waals surface area contributed by atoms with Gasteiger partial charge in [0, 0.05) is 68.9 Å². The predicted molar refractivity (Wildman–Crippen MR) is 215 cm³/mol. The number of rotatable bonds is 12. The first-order valence-corrected chi connectivity index (χ1v) is 19.1. The molecule has 1 aliphatic heterocycles. The molecule has 0 unspecified atom stereocenters. The highest BCUT2D eigenvalue weighted by Gasteiger charge is 2.45. The van der Waals surface area contributed by atoms with Crippen molar-refractivity contribution in [2.45, 2.75) is 70.4 Å². The topological polar surface area (TPSA) is 127 Å². The summed E-state index contributed by atoms with van der Waals surface area (Å²) in [6.45, 7) is 12.2. The number of phenols is 1. The van der Waals surface area contributed by atoms with Crippen LogP contribution in [0.1, 0.15) is 63.9 Å². The van der Waals surface area contributed by atoms with Gasteiger partial charge in [-0.25, -0.2) is 26.9 Å². The average Bonchev–Trinajstić information content (AvgIpc) is 3.83. The van der Waals surface area contributed by atoms with E-state index in [1.165, 1.54) is 38.3 Å². The third-order valence-corrected chi connectivity index (χ3v) is 10.2. The van der Waals surface area contributed by atoms with Crippen molar-refractivity contribution in [1.29, 1.82) is 0 Å². The summed E-state index contributed by atoms with van der Waals surface area (Å²) < 4.78 is 81.3. The zero-order valence-corrected chi connectivity index (χ0v) is 32.8. The zero-order valence-electron chi connectivity index (χ0n) is 32.8. The van der Waals surface area contributed by atoms with Crippen molar-refractivity contribution in [1.82, 2.24) is 19.9 Å². The van der Waals surface area contributed by atoms with E-state index in [9.17, 15) is 27.5 Å². The Balaban J connectivity index is 0.000000508. The number of halogens is 5. The van der Waals surface area contributed by atoms with Gasteiger partial charge in [0.05, 0.1) is 19.3 Å².